The third-order valence-corrected chi connectivity index (χ3v) is 4.85. The first-order valence-corrected chi connectivity index (χ1v) is 9.31. The highest BCUT2D eigenvalue weighted by Crippen LogP contribution is 2.14. The molecule has 0 saturated carbocycles. The van der Waals surface area contributed by atoms with E-state index in [1.165, 1.54) is 0 Å². The number of hydrogen-bond acceptors (Lipinski definition) is 3. The van der Waals surface area contributed by atoms with E-state index in [1.807, 2.05) is 29.6 Å². The Morgan fingerprint density at radius 2 is 1.69 bits per heavy atom. The summed E-state index contributed by atoms with van der Waals surface area (Å²) in [7, 11) is 0. The number of halogens is 1. The molecule has 3 rings (SSSR count). The summed E-state index contributed by atoms with van der Waals surface area (Å²) in [5.41, 5.74) is 2.09. The first kappa shape index (κ1) is 18.2. The molecule has 132 valence electrons. The zero-order valence-electron chi connectivity index (χ0n) is 13.9. The Morgan fingerprint density at radius 3 is 2.35 bits per heavy atom. The summed E-state index contributed by atoms with van der Waals surface area (Å²) < 4.78 is 0. The van der Waals surface area contributed by atoms with Crippen molar-refractivity contribution in [2.45, 2.75) is 13.0 Å². The highest BCUT2D eigenvalue weighted by molar-refractivity contribution is 7.09. The lowest BCUT2D eigenvalue weighted by Gasteiger charge is -2.07. The van der Waals surface area contributed by atoms with E-state index in [-0.39, 0.29) is 11.8 Å². The van der Waals surface area contributed by atoms with Crippen LogP contribution >= 0.6 is 22.9 Å². The summed E-state index contributed by atoms with van der Waals surface area (Å²) in [6.45, 7) is 0.547. The second-order valence-corrected chi connectivity index (χ2v) is 7.16. The van der Waals surface area contributed by atoms with E-state index in [2.05, 4.69) is 10.6 Å². The number of carbonyl (C=O) groups excluding carboxylic acids is 2. The van der Waals surface area contributed by atoms with Crippen molar-refractivity contribution in [1.82, 2.24) is 5.32 Å². The molecular formula is C20H17ClN2O2S. The largest absolute Gasteiger partial charge is 0.351 e. The molecule has 26 heavy (non-hydrogen) atoms. The molecule has 1 aromatic heterocycles. The maximum atomic E-state index is 12.2. The fourth-order valence-electron chi connectivity index (χ4n) is 2.36. The minimum atomic E-state index is -0.205. The van der Waals surface area contributed by atoms with Gasteiger partial charge in [0, 0.05) is 21.2 Å². The Kier molecular flexibility index (Phi) is 6.04. The summed E-state index contributed by atoms with van der Waals surface area (Å²) in [6.07, 6.45) is 0.302. The molecule has 0 aliphatic carbocycles. The number of anilines is 1. The van der Waals surface area contributed by atoms with Crippen molar-refractivity contribution < 1.29 is 9.59 Å². The van der Waals surface area contributed by atoms with Gasteiger partial charge in [-0.05, 0) is 53.4 Å². The Balaban J connectivity index is 1.52. The summed E-state index contributed by atoms with van der Waals surface area (Å²) >= 11 is 7.44. The van der Waals surface area contributed by atoms with Gasteiger partial charge in [0.15, 0.2) is 0 Å². The van der Waals surface area contributed by atoms with Gasteiger partial charge in [-0.3, -0.25) is 9.59 Å². The van der Waals surface area contributed by atoms with Gasteiger partial charge in [-0.15, -0.1) is 11.3 Å². The maximum Gasteiger partial charge on any atom is 0.255 e. The molecule has 2 amide bonds. The number of carbonyl (C=O) groups is 2. The molecule has 0 atom stereocenters. The van der Waals surface area contributed by atoms with E-state index in [9.17, 15) is 9.59 Å². The van der Waals surface area contributed by atoms with Gasteiger partial charge in [0.2, 0.25) is 5.91 Å². The van der Waals surface area contributed by atoms with Crippen molar-refractivity contribution in [2.75, 3.05) is 5.32 Å². The topological polar surface area (TPSA) is 58.2 Å². The Bertz CT molecular complexity index is 875. The van der Waals surface area contributed by atoms with E-state index in [0.29, 0.717) is 29.2 Å². The van der Waals surface area contributed by atoms with E-state index < -0.39 is 0 Å². The Labute approximate surface area is 160 Å². The zero-order chi connectivity index (χ0) is 18.4. The highest BCUT2D eigenvalue weighted by atomic mass is 35.5. The fraction of sp³-hybridized carbons (Fsp3) is 0.100. The van der Waals surface area contributed by atoms with Crippen LogP contribution in [0.4, 0.5) is 5.69 Å². The lowest BCUT2D eigenvalue weighted by atomic mass is 10.1. The zero-order valence-corrected chi connectivity index (χ0v) is 15.4. The van der Waals surface area contributed by atoms with Crippen LogP contribution in [0.2, 0.25) is 5.02 Å². The van der Waals surface area contributed by atoms with Crippen LogP contribution in [0.25, 0.3) is 0 Å². The smallest absolute Gasteiger partial charge is 0.255 e. The molecule has 2 aromatic carbocycles. The van der Waals surface area contributed by atoms with Crippen molar-refractivity contribution >= 4 is 40.4 Å². The molecule has 6 heteroatoms. The van der Waals surface area contributed by atoms with Crippen LogP contribution in [0.5, 0.6) is 0 Å². The van der Waals surface area contributed by atoms with Crippen LogP contribution in [0.1, 0.15) is 20.8 Å². The number of thiophene rings is 1. The van der Waals surface area contributed by atoms with Gasteiger partial charge >= 0.3 is 0 Å². The predicted molar refractivity (Wildman–Crippen MR) is 106 cm³/mol. The Morgan fingerprint density at radius 1 is 0.962 bits per heavy atom. The molecule has 2 N–H and O–H groups in total. The number of benzene rings is 2. The molecule has 3 aromatic rings. The van der Waals surface area contributed by atoms with E-state index >= 15 is 0 Å². The quantitative estimate of drug-likeness (QED) is 0.656. The van der Waals surface area contributed by atoms with Crippen LogP contribution in [0, 0.1) is 0 Å². The molecule has 0 radical (unpaired) electrons. The number of amides is 2. The SMILES string of the molecule is O=C(Cc1ccc(NC(=O)c2ccc(Cl)cc2)cc1)NCc1cccs1. The van der Waals surface area contributed by atoms with Gasteiger partial charge < -0.3 is 10.6 Å². The van der Waals surface area contributed by atoms with Gasteiger partial charge in [0.1, 0.15) is 0 Å². The summed E-state index contributed by atoms with van der Waals surface area (Å²) in [5, 5.41) is 8.29. The van der Waals surface area contributed by atoms with Gasteiger partial charge in [-0.25, -0.2) is 0 Å². The second-order valence-electron chi connectivity index (χ2n) is 5.69. The lowest BCUT2D eigenvalue weighted by Crippen LogP contribution is -2.24. The Hall–Kier alpha value is -2.63. The number of hydrogen-bond donors (Lipinski definition) is 2. The van der Waals surface area contributed by atoms with Crippen LogP contribution in [0.3, 0.4) is 0 Å². The van der Waals surface area contributed by atoms with Crippen molar-refractivity contribution in [3.8, 4) is 0 Å². The van der Waals surface area contributed by atoms with Crippen LogP contribution in [-0.4, -0.2) is 11.8 Å². The molecule has 1 heterocycles. The van der Waals surface area contributed by atoms with E-state index in [0.717, 1.165) is 10.4 Å². The maximum absolute atomic E-state index is 12.2. The molecule has 0 unspecified atom stereocenters. The molecule has 0 saturated heterocycles. The predicted octanol–water partition coefficient (Wildman–Crippen LogP) is 4.51. The number of nitrogens with one attached hydrogen (secondary N) is 2. The monoisotopic (exact) mass is 384 g/mol. The first-order valence-electron chi connectivity index (χ1n) is 8.05. The van der Waals surface area contributed by atoms with Gasteiger partial charge in [0.25, 0.3) is 5.91 Å². The lowest BCUT2D eigenvalue weighted by molar-refractivity contribution is -0.120. The molecule has 0 fully saturated rings. The molecule has 0 aliphatic heterocycles. The average molecular weight is 385 g/mol. The molecular weight excluding hydrogens is 368 g/mol. The third kappa shape index (κ3) is 5.18. The summed E-state index contributed by atoms with van der Waals surface area (Å²) in [4.78, 5) is 25.3. The van der Waals surface area contributed by atoms with E-state index in [1.54, 1.807) is 47.7 Å². The average Bonchev–Trinajstić information content (AvgIpc) is 3.16. The van der Waals surface area contributed by atoms with Crippen LogP contribution < -0.4 is 10.6 Å². The van der Waals surface area contributed by atoms with Gasteiger partial charge in [-0.1, -0.05) is 29.8 Å². The molecule has 4 nitrogen and oxygen atoms in total. The van der Waals surface area contributed by atoms with Crippen molar-refractivity contribution in [3.05, 3.63) is 87.1 Å². The standard InChI is InChI=1S/C20H17ClN2O2S/c21-16-7-5-15(6-8-16)20(25)23-17-9-3-14(4-10-17)12-19(24)22-13-18-2-1-11-26-18/h1-11H,12-13H2,(H,22,24)(H,23,25). The minimum absolute atomic E-state index is 0.0312. The van der Waals surface area contributed by atoms with Crippen molar-refractivity contribution in [1.29, 1.82) is 0 Å². The van der Waals surface area contributed by atoms with Gasteiger partial charge in [-0.2, -0.15) is 0 Å². The second kappa shape index (κ2) is 8.65. The molecule has 0 bridgehead atoms. The third-order valence-electron chi connectivity index (χ3n) is 3.72. The van der Waals surface area contributed by atoms with Gasteiger partial charge in [0.05, 0.1) is 13.0 Å². The van der Waals surface area contributed by atoms with Crippen LogP contribution in [0.15, 0.2) is 66.0 Å². The first-order chi connectivity index (χ1) is 12.6. The van der Waals surface area contributed by atoms with E-state index in [4.69, 9.17) is 11.6 Å². The molecule has 0 aliphatic rings. The minimum Gasteiger partial charge on any atom is -0.351 e. The normalized spacial score (nSPS) is 10.3. The summed E-state index contributed by atoms with van der Waals surface area (Å²) in [5.74, 6) is -0.237. The number of rotatable bonds is 6. The van der Waals surface area contributed by atoms with Crippen molar-refractivity contribution in [2.24, 2.45) is 0 Å². The highest BCUT2D eigenvalue weighted by Gasteiger charge is 2.07. The molecule has 0 spiro atoms. The fourth-order valence-corrected chi connectivity index (χ4v) is 3.13. The van der Waals surface area contributed by atoms with Crippen LogP contribution in [-0.2, 0) is 17.8 Å². The van der Waals surface area contributed by atoms with Crippen molar-refractivity contribution in [3.63, 3.8) is 0 Å². The summed E-state index contributed by atoms with van der Waals surface area (Å²) in [6, 6.07) is 17.9.